The Morgan fingerprint density at radius 3 is 2.52 bits per heavy atom. The van der Waals surface area contributed by atoms with Crippen LogP contribution in [0.2, 0.25) is 0 Å². The molecule has 0 bridgehead atoms. The first-order valence-corrected chi connectivity index (χ1v) is 6.28. The van der Waals surface area contributed by atoms with Crippen LogP contribution in [0.1, 0.15) is 18.9 Å². The Labute approximate surface area is 121 Å². The summed E-state index contributed by atoms with van der Waals surface area (Å²) in [5.74, 6) is -2.82. The number of halogens is 1. The fraction of sp³-hybridized carbons (Fsp3) is 0.357. The van der Waals surface area contributed by atoms with Crippen LogP contribution in [0.15, 0.2) is 18.2 Å². The molecule has 21 heavy (non-hydrogen) atoms. The zero-order valence-electron chi connectivity index (χ0n) is 12.0. The average Bonchev–Trinajstić information content (AvgIpc) is 2.42. The van der Waals surface area contributed by atoms with Crippen molar-refractivity contribution in [2.45, 2.75) is 26.3 Å². The molecule has 0 spiro atoms. The van der Waals surface area contributed by atoms with Gasteiger partial charge in [0, 0.05) is 11.7 Å². The van der Waals surface area contributed by atoms with Crippen molar-refractivity contribution >= 4 is 23.5 Å². The first kappa shape index (κ1) is 16.6. The van der Waals surface area contributed by atoms with Crippen LogP contribution >= 0.6 is 0 Å². The average molecular weight is 296 g/mol. The number of methoxy groups -OCH3 is 1. The van der Waals surface area contributed by atoms with Crippen molar-refractivity contribution in [3.63, 3.8) is 0 Å². The molecule has 6 nitrogen and oxygen atoms in total. The number of carbonyl (C=O) groups is 3. The summed E-state index contributed by atoms with van der Waals surface area (Å²) in [6, 6.07) is 3.55. The molecule has 0 aliphatic carbocycles. The molecular formula is C14H17FN2O4. The molecule has 0 fully saturated rings. The van der Waals surface area contributed by atoms with Crippen molar-refractivity contribution in [2.24, 2.45) is 0 Å². The van der Waals surface area contributed by atoms with Gasteiger partial charge in [0.25, 0.3) is 0 Å². The van der Waals surface area contributed by atoms with E-state index in [1.165, 1.54) is 19.2 Å². The van der Waals surface area contributed by atoms with E-state index in [2.05, 4.69) is 15.4 Å². The second-order valence-electron chi connectivity index (χ2n) is 4.57. The lowest BCUT2D eigenvalue weighted by Gasteiger charge is -2.12. The van der Waals surface area contributed by atoms with Crippen LogP contribution in [-0.4, -0.2) is 30.9 Å². The fourth-order valence-electron chi connectivity index (χ4n) is 1.53. The van der Waals surface area contributed by atoms with Gasteiger partial charge in [-0.15, -0.1) is 0 Å². The molecule has 0 radical (unpaired) electrons. The Bertz CT molecular complexity index is 560. The van der Waals surface area contributed by atoms with Gasteiger partial charge in [0.1, 0.15) is 5.82 Å². The van der Waals surface area contributed by atoms with Crippen molar-refractivity contribution in [3.05, 3.63) is 29.6 Å². The van der Waals surface area contributed by atoms with Crippen molar-refractivity contribution in [1.29, 1.82) is 0 Å². The van der Waals surface area contributed by atoms with Crippen LogP contribution in [0.4, 0.5) is 10.1 Å². The van der Waals surface area contributed by atoms with E-state index in [4.69, 9.17) is 0 Å². The Morgan fingerprint density at radius 2 is 1.95 bits per heavy atom. The molecule has 2 N–H and O–H groups in total. The molecule has 114 valence electrons. The number of nitrogens with one attached hydrogen (secondary N) is 2. The minimum Gasteiger partial charge on any atom is -0.469 e. The van der Waals surface area contributed by atoms with Crippen LogP contribution < -0.4 is 10.6 Å². The summed E-state index contributed by atoms with van der Waals surface area (Å²) in [6.45, 7) is 3.15. The van der Waals surface area contributed by atoms with Crippen molar-refractivity contribution in [3.8, 4) is 0 Å². The third-order valence-corrected chi connectivity index (χ3v) is 2.71. The molecule has 0 aliphatic heterocycles. The van der Waals surface area contributed by atoms with Crippen LogP contribution in [-0.2, 0) is 19.1 Å². The monoisotopic (exact) mass is 296 g/mol. The standard InChI is InChI=1S/C14H17FN2O4/c1-8-4-5-10(7-11(8)15)17-14(20)13(19)16-9(2)6-12(18)21-3/h4-5,7,9H,6H2,1-3H3,(H,16,19)(H,17,20)/t9-/m0/s1. The third kappa shape index (κ3) is 5.21. The van der Waals surface area contributed by atoms with Gasteiger partial charge in [0.05, 0.1) is 13.5 Å². The highest BCUT2D eigenvalue weighted by Gasteiger charge is 2.18. The topological polar surface area (TPSA) is 84.5 Å². The van der Waals surface area contributed by atoms with Gasteiger partial charge in [-0.2, -0.15) is 0 Å². The Kier molecular flexibility index (Phi) is 5.83. The predicted molar refractivity (Wildman–Crippen MR) is 74.0 cm³/mol. The predicted octanol–water partition coefficient (Wildman–Crippen LogP) is 1.14. The number of amides is 2. The molecule has 0 saturated carbocycles. The second kappa shape index (κ2) is 7.37. The molecular weight excluding hydrogens is 279 g/mol. The zero-order chi connectivity index (χ0) is 16.0. The quantitative estimate of drug-likeness (QED) is 0.644. The van der Waals surface area contributed by atoms with E-state index in [9.17, 15) is 18.8 Å². The van der Waals surface area contributed by atoms with Crippen LogP contribution in [0, 0.1) is 12.7 Å². The van der Waals surface area contributed by atoms with Gasteiger partial charge in [-0.3, -0.25) is 14.4 Å². The number of hydrogen-bond donors (Lipinski definition) is 2. The minimum atomic E-state index is -0.935. The number of anilines is 1. The highest BCUT2D eigenvalue weighted by molar-refractivity contribution is 6.39. The van der Waals surface area contributed by atoms with E-state index in [0.717, 1.165) is 6.07 Å². The maximum absolute atomic E-state index is 13.3. The number of ether oxygens (including phenoxy) is 1. The van der Waals surface area contributed by atoms with E-state index in [0.29, 0.717) is 5.56 Å². The molecule has 1 rings (SSSR count). The molecule has 1 aromatic rings. The van der Waals surface area contributed by atoms with Gasteiger partial charge in [-0.25, -0.2) is 4.39 Å². The lowest BCUT2D eigenvalue weighted by molar-refractivity contribution is -0.142. The fourth-order valence-corrected chi connectivity index (χ4v) is 1.53. The highest BCUT2D eigenvalue weighted by Crippen LogP contribution is 2.13. The summed E-state index contributed by atoms with van der Waals surface area (Å²) >= 11 is 0. The van der Waals surface area contributed by atoms with E-state index in [1.54, 1.807) is 13.8 Å². The smallest absolute Gasteiger partial charge is 0.313 e. The summed E-state index contributed by atoms with van der Waals surface area (Å²) in [7, 11) is 1.23. The molecule has 0 heterocycles. The molecule has 7 heteroatoms. The second-order valence-corrected chi connectivity index (χ2v) is 4.57. The van der Waals surface area contributed by atoms with Crippen molar-refractivity contribution in [1.82, 2.24) is 5.32 Å². The van der Waals surface area contributed by atoms with E-state index in [-0.39, 0.29) is 12.1 Å². The first-order valence-electron chi connectivity index (χ1n) is 6.28. The van der Waals surface area contributed by atoms with Crippen LogP contribution in [0.5, 0.6) is 0 Å². The Balaban J connectivity index is 2.56. The van der Waals surface area contributed by atoms with Crippen LogP contribution in [0.3, 0.4) is 0 Å². The van der Waals surface area contributed by atoms with E-state index in [1.807, 2.05) is 0 Å². The molecule has 1 atom stereocenters. The molecule has 2 amide bonds. The maximum Gasteiger partial charge on any atom is 0.313 e. The number of carbonyl (C=O) groups excluding carboxylic acids is 3. The molecule has 0 aliphatic rings. The number of esters is 1. The van der Waals surface area contributed by atoms with Crippen molar-refractivity contribution < 1.29 is 23.5 Å². The summed E-state index contributed by atoms with van der Waals surface area (Å²) in [5.41, 5.74) is 0.614. The van der Waals surface area contributed by atoms with Gasteiger partial charge in [0.15, 0.2) is 0 Å². The summed E-state index contributed by atoms with van der Waals surface area (Å²) in [5, 5.41) is 4.62. The minimum absolute atomic E-state index is 0.0469. The lowest BCUT2D eigenvalue weighted by atomic mass is 10.2. The van der Waals surface area contributed by atoms with Crippen molar-refractivity contribution in [2.75, 3.05) is 12.4 Å². The number of aryl methyl sites for hydroxylation is 1. The summed E-state index contributed by atoms with van der Waals surface area (Å²) in [4.78, 5) is 34.3. The third-order valence-electron chi connectivity index (χ3n) is 2.71. The van der Waals surface area contributed by atoms with Gasteiger partial charge in [0.2, 0.25) is 0 Å². The Morgan fingerprint density at radius 1 is 1.29 bits per heavy atom. The SMILES string of the molecule is COC(=O)C[C@H](C)NC(=O)C(=O)Nc1ccc(C)c(F)c1. The first-order chi connectivity index (χ1) is 9.83. The number of rotatable bonds is 4. The van der Waals surface area contributed by atoms with E-state index < -0.39 is 29.6 Å². The summed E-state index contributed by atoms with van der Waals surface area (Å²) < 4.78 is 17.8. The number of benzene rings is 1. The largest absolute Gasteiger partial charge is 0.469 e. The summed E-state index contributed by atoms with van der Waals surface area (Å²) in [6.07, 6.45) is -0.0469. The highest BCUT2D eigenvalue weighted by atomic mass is 19.1. The van der Waals surface area contributed by atoms with Gasteiger partial charge in [-0.05, 0) is 31.5 Å². The molecule has 0 saturated heterocycles. The van der Waals surface area contributed by atoms with Gasteiger partial charge < -0.3 is 15.4 Å². The molecule has 1 aromatic carbocycles. The molecule has 0 unspecified atom stereocenters. The van der Waals surface area contributed by atoms with Crippen LogP contribution in [0.25, 0.3) is 0 Å². The molecule has 0 aromatic heterocycles. The zero-order valence-corrected chi connectivity index (χ0v) is 12.0. The van der Waals surface area contributed by atoms with E-state index >= 15 is 0 Å². The maximum atomic E-state index is 13.3. The Hall–Kier alpha value is -2.44. The van der Waals surface area contributed by atoms with Gasteiger partial charge >= 0.3 is 17.8 Å². The number of hydrogen-bond acceptors (Lipinski definition) is 4. The normalized spacial score (nSPS) is 11.4. The van der Waals surface area contributed by atoms with Gasteiger partial charge in [-0.1, -0.05) is 6.07 Å². The lowest BCUT2D eigenvalue weighted by Crippen LogP contribution is -2.41.